The molecular formula is C14H17FN4O2. The van der Waals surface area contributed by atoms with Crippen LogP contribution in [0.1, 0.15) is 19.4 Å². The molecule has 3 N–H and O–H groups in total. The summed E-state index contributed by atoms with van der Waals surface area (Å²) in [7, 11) is 0. The molecule has 2 rings (SSSR count). The van der Waals surface area contributed by atoms with Crippen LogP contribution in [0.2, 0.25) is 0 Å². The summed E-state index contributed by atoms with van der Waals surface area (Å²) >= 11 is 0. The topological polar surface area (TPSA) is 94.1 Å². The van der Waals surface area contributed by atoms with Gasteiger partial charge in [-0.05, 0) is 23.8 Å². The van der Waals surface area contributed by atoms with Gasteiger partial charge in [-0.1, -0.05) is 26.0 Å². The molecule has 7 heteroatoms. The number of halogens is 1. The first kappa shape index (κ1) is 16.4. The van der Waals surface area contributed by atoms with E-state index in [4.69, 9.17) is 5.73 Å². The zero-order chi connectivity index (χ0) is 15.8. The van der Waals surface area contributed by atoms with Crippen molar-refractivity contribution in [3.8, 4) is 0 Å². The number of nitrogens with zero attached hydrogens (tertiary/aromatic N) is 2. The zero-order valence-electron chi connectivity index (χ0n) is 11.8. The van der Waals surface area contributed by atoms with E-state index < -0.39 is 4.92 Å². The third-order valence-corrected chi connectivity index (χ3v) is 2.49. The second-order valence-corrected chi connectivity index (χ2v) is 3.84. The van der Waals surface area contributed by atoms with Crippen LogP contribution in [0.15, 0.2) is 36.4 Å². The number of nitrogen functional groups attached to an aromatic ring is 1. The first-order valence-corrected chi connectivity index (χ1v) is 6.45. The molecule has 0 radical (unpaired) electrons. The number of benzene rings is 1. The molecule has 2 aromatic rings. The Morgan fingerprint density at radius 1 is 1.24 bits per heavy atom. The third kappa shape index (κ3) is 4.72. The van der Waals surface area contributed by atoms with E-state index >= 15 is 0 Å². The summed E-state index contributed by atoms with van der Waals surface area (Å²) in [5, 5.41) is 13.5. The maximum atomic E-state index is 12.7. The number of hydrogen-bond acceptors (Lipinski definition) is 5. The van der Waals surface area contributed by atoms with Gasteiger partial charge >= 0.3 is 5.69 Å². The molecule has 0 fully saturated rings. The summed E-state index contributed by atoms with van der Waals surface area (Å²) in [5.41, 5.74) is 6.10. The van der Waals surface area contributed by atoms with Crippen molar-refractivity contribution in [3.05, 3.63) is 57.9 Å². The summed E-state index contributed by atoms with van der Waals surface area (Å²) in [6, 6.07) is 8.74. The highest BCUT2D eigenvalue weighted by Gasteiger charge is 2.12. The minimum Gasteiger partial charge on any atom is -0.378 e. The summed E-state index contributed by atoms with van der Waals surface area (Å²) < 4.78 is 12.7. The summed E-state index contributed by atoms with van der Waals surface area (Å²) in [6.45, 7) is 4.42. The molecule has 21 heavy (non-hydrogen) atoms. The van der Waals surface area contributed by atoms with Crippen molar-refractivity contribution in [1.82, 2.24) is 4.98 Å². The molecule has 0 atom stereocenters. The van der Waals surface area contributed by atoms with Gasteiger partial charge in [-0.2, -0.15) is 0 Å². The molecule has 0 aliphatic rings. The van der Waals surface area contributed by atoms with Crippen LogP contribution in [0.4, 0.5) is 21.7 Å². The van der Waals surface area contributed by atoms with Gasteiger partial charge in [0.2, 0.25) is 5.82 Å². The van der Waals surface area contributed by atoms with Crippen molar-refractivity contribution in [2.45, 2.75) is 20.4 Å². The number of hydrogen-bond donors (Lipinski definition) is 2. The van der Waals surface area contributed by atoms with Crippen molar-refractivity contribution in [1.29, 1.82) is 0 Å². The fourth-order valence-corrected chi connectivity index (χ4v) is 1.52. The molecule has 0 saturated carbocycles. The second kappa shape index (κ2) is 7.78. The van der Waals surface area contributed by atoms with E-state index in [0.717, 1.165) is 5.56 Å². The first-order chi connectivity index (χ1) is 10.1. The molecule has 0 saturated heterocycles. The molecular weight excluding hydrogens is 275 g/mol. The van der Waals surface area contributed by atoms with E-state index in [2.05, 4.69) is 10.3 Å². The van der Waals surface area contributed by atoms with Crippen molar-refractivity contribution in [3.63, 3.8) is 0 Å². The lowest BCUT2D eigenvalue weighted by atomic mass is 10.2. The van der Waals surface area contributed by atoms with Crippen molar-refractivity contribution < 1.29 is 9.31 Å². The lowest BCUT2D eigenvalue weighted by molar-refractivity contribution is -0.384. The largest absolute Gasteiger partial charge is 0.378 e. The zero-order valence-corrected chi connectivity index (χ0v) is 11.8. The van der Waals surface area contributed by atoms with E-state index in [1.807, 2.05) is 13.8 Å². The van der Waals surface area contributed by atoms with Crippen molar-refractivity contribution in [2.24, 2.45) is 0 Å². The SMILES string of the molecule is CC.Nc1nc(NCc2ccc(F)cc2)ccc1[N+](=O)[O-]. The van der Waals surface area contributed by atoms with Crippen LogP contribution < -0.4 is 11.1 Å². The highest BCUT2D eigenvalue weighted by molar-refractivity contribution is 5.57. The lowest BCUT2D eigenvalue weighted by Gasteiger charge is -2.06. The average Bonchev–Trinajstić information content (AvgIpc) is 2.48. The molecule has 0 aliphatic heterocycles. The van der Waals surface area contributed by atoms with Crippen molar-refractivity contribution >= 4 is 17.3 Å². The molecule has 0 bridgehead atoms. The quantitative estimate of drug-likeness (QED) is 0.665. The van der Waals surface area contributed by atoms with E-state index in [1.54, 1.807) is 12.1 Å². The average molecular weight is 292 g/mol. The van der Waals surface area contributed by atoms with Crippen LogP contribution in [0.25, 0.3) is 0 Å². The van der Waals surface area contributed by atoms with Crippen LogP contribution >= 0.6 is 0 Å². The predicted molar refractivity (Wildman–Crippen MR) is 80.4 cm³/mol. The van der Waals surface area contributed by atoms with E-state index in [1.165, 1.54) is 24.3 Å². The Balaban J connectivity index is 0.00000106. The highest BCUT2D eigenvalue weighted by atomic mass is 19.1. The molecule has 0 amide bonds. The Kier molecular flexibility index (Phi) is 6.06. The Morgan fingerprint density at radius 3 is 2.38 bits per heavy atom. The van der Waals surface area contributed by atoms with Gasteiger partial charge < -0.3 is 11.1 Å². The van der Waals surface area contributed by atoms with Crippen LogP contribution in [0.5, 0.6) is 0 Å². The fourth-order valence-electron chi connectivity index (χ4n) is 1.52. The molecule has 1 aromatic carbocycles. The highest BCUT2D eigenvalue weighted by Crippen LogP contribution is 2.20. The number of nitrogens with one attached hydrogen (secondary N) is 1. The Hall–Kier alpha value is -2.70. The Morgan fingerprint density at radius 2 is 1.86 bits per heavy atom. The normalized spacial score (nSPS) is 9.48. The molecule has 0 unspecified atom stereocenters. The number of pyridine rings is 1. The van der Waals surface area contributed by atoms with Gasteiger partial charge in [0.25, 0.3) is 0 Å². The smallest absolute Gasteiger partial charge is 0.311 e. The van der Waals surface area contributed by atoms with E-state index in [0.29, 0.717) is 12.4 Å². The number of nitro groups is 1. The van der Waals surface area contributed by atoms with Gasteiger partial charge in [-0.15, -0.1) is 0 Å². The Labute approximate surface area is 122 Å². The Bertz CT molecular complexity index is 602. The van der Waals surface area contributed by atoms with Gasteiger partial charge in [0.1, 0.15) is 11.6 Å². The van der Waals surface area contributed by atoms with Crippen LogP contribution in [-0.4, -0.2) is 9.91 Å². The maximum absolute atomic E-state index is 12.7. The lowest BCUT2D eigenvalue weighted by Crippen LogP contribution is -2.04. The fraction of sp³-hybridized carbons (Fsp3) is 0.214. The molecule has 112 valence electrons. The third-order valence-electron chi connectivity index (χ3n) is 2.49. The van der Waals surface area contributed by atoms with E-state index in [-0.39, 0.29) is 17.3 Å². The monoisotopic (exact) mass is 292 g/mol. The number of aromatic nitrogens is 1. The van der Waals surface area contributed by atoms with Crippen LogP contribution in [0.3, 0.4) is 0 Å². The van der Waals surface area contributed by atoms with Crippen LogP contribution in [-0.2, 0) is 6.54 Å². The molecule has 1 heterocycles. The molecule has 0 aliphatic carbocycles. The minimum atomic E-state index is -0.591. The summed E-state index contributed by atoms with van der Waals surface area (Å²) in [6.07, 6.45) is 0. The van der Waals surface area contributed by atoms with Gasteiger partial charge in [-0.3, -0.25) is 10.1 Å². The van der Waals surface area contributed by atoms with Gasteiger partial charge in [0, 0.05) is 12.6 Å². The molecule has 0 spiro atoms. The van der Waals surface area contributed by atoms with Crippen LogP contribution in [0, 0.1) is 15.9 Å². The second-order valence-electron chi connectivity index (χ2n) is 3.84. The van der Waals surface area contributed by atoms with Gasteiger partial charge in [-0.25, -0.2) is 9.37 Å². The summed E-state index contributed by atoms with van der Waals surface area (Å²) in [5.74, 6) is -0.0250. The standard InChI is InChI=1S/C12H11FN4O2.C2H6/c13-9-3-1-8(2-4-9)7-15-11-6-5-10(17(18)19)12(14)16-11;1-2/h1-6H,7H2,(H3,14,15,16);1-2H3. The number of nitrogens with two attached hydrogens (primary N) is 1. The molecule has 1 aromatic heterocycles. The summed E-state index contributed by atoms with van der Waals surface area (Å²) in [4.78, 5) is 13.9. The molecule has 6 nitrogen and oxygen atoms in total. The van der Waals surface area contributed by atoms with Crippen molar-refractivity contribution in [2.75, 3.05) is 11.1 Å². The van der Waals surface area contributed by atoms with E-state index in [9.17, 15) is 14.5 Å². The van der Waals surface area contributed by atoms with Gasteiger partial charge in [0.15, 0.2) is 0 Å². The number of rotatable bonds is 4. The first-order valence-electron chi connectivity index (χ1n) is 6.45. The minimum absolute atomic E-state index is 0.144. The number of anilines is 2. The maximum Gasteiger partial charge on any atom is 0.311 e. The van der Waals surface area contributed by atoms with Gasteiger partial charge in [0.05, 0.1) is 4.92 Å². The predicted octanol–water partition coefficient (Wildman–Crippen LogP) is 3.35.